The van der Waals surface area contributed by atoms with Crippen molar-refractivity contribution in [3.63, 3.8) is 0 Å². The molecule has 0 aliphatic carbocycles. The van der Waals surface area contributed by atoms with E-state index >= 15 is 0 Å². The quantitative estimate of drug-likeness (QED) is 0.748. The molecule has 2 N–H and O–H groups in total. The number of imide groups is 1. The van der Waals surface area contributed by atoms with Crippen molar-refractivity contribution in [2.75, 3.05) is 26.7 Å². The molecule has 0 saturated carbocycles. The first kappa shape index (κ1) is 16.1. The van der Waals surface area contributed by atoms with Crippen LogP contribution in [0.2, 0.25) is 0 Å². The van der Waals surface area contributed by atoms with Crippen molar-refractivity contribution >= 4 is 21.8 Å². The molecule has 2 aliphatic rings. The molecule has 124 valence electrons. The van der Waals surface area contributed by atoms with Crippen molar-refractivity contribution < 1.29 is 18.0 Å². The van der Waals surface area contributed by atoms with Crippen molar-refractivity contribution in [2.45, 2.75) is 17.7 Å². The summed E-state index contributed by atoms with van der Waals surface area (Å²) in [6, 6.07) is 4.04. The number of carbonyl (C=O) groups is 2. The molecule has 8 heteroatoms. The minimum Gasteiger partial charge on any atom is -0.316 e. The van der Waals surface area contributed by atoms with Gasteiger partial charge in [-0.15, -0.1) is 0 Å². The van der Waals surface area contributed by atoms with Crippen LogP contribution >= 0.6 is 0 Å². The van der Waals surface area contributed by atoms with E-state index in [9.17, 15) is 18.0 Å². The summed E-state index contributed by atoms with van der Waals surface area (Å²) in [6.07, 6.45) is 1.83. The molecule has 23 heavy (non-hydrogen) atoms. The van der Waals surface area contributed by atoms with Gasteiger partial charge in [0.05, 0.1) is 16.0 Å². The molecule has 2 amide bonds. The van der Waals surface area contributed by atoms with Gasteiger partial charge in [0.2, 0.25) is 10.0 Å². The number of hydrogen-bond donors (Lipinski definition) is 2. The fourth-order valence-electron chi connectivity index (χ4n) is 2.95. The second kappa shape index (κ2) is 6.03. The summed E-state index contributed by atoms with van der Waals surface area (Å²) in [6.45, 7) is 2.26. The molecule has 2 aliphatic heterocycles. The Labute approximate surface area is 135 Å². The predicted octanol–water partition coefficient (Wildman–Crippen LogP) is 0.190. The molecule has 2 heterocycles. The fourth-order valence-corrected chi connectivity index (χ4v) is 4.02. The largest absolute Gasteiger partial charge is 0.316 e. The van der Waals surface area contributed by atoms with E-state index in [1.165, 1.54) is 25.2 Å². The van der Waals surface area contributed by atoms with Crippen LogP contribution in [0.4, 0.5) is 0 Å². The molecule has 0 spiro atoms. The molecule has 1 saturated heterocycles. The molecule has 1 unspecified atom stereocenters. The third-order valence-electron chi connectivity index (χ3n) is 4.38. The van der Waals surface area contributed by atoms with Gasteiger partial charge < -0.3 is 5.32 Å². The van der Waals surface area contributed by atoms with E-state index in [0.29, 0.717) is 12.5 Å². The molecule has 0 radical (unpaired) electrons. The summed E-state index contributed by atoms with van der Waals surface area (Å²) >= 11 is 0. The summed E-state index contributed by atoms with van der Waals surface area (Å²) in [5.41, 5.74) is 0.383. The highest BCUT2D eigenvalue weighted by atomic mass is 32.2. The van der Waals surface area contributed by atoms with Crippen molar-refractivity contribution in [3.05, 3.63) is 29.3 Å². The van der Waals surface area contributed by atoms with Gasteiger partial charge in [-0.25, -0.2) is 13.1 Å². The molecular weight excluding hydrogens is 318 g/mol. The highest BCUT2D eigenvalue weighted by Gasteiger charge is 2.33. The van der Waals surface area contributed by atoms with Crippen LogP contribution in [0.25, 0.3) is 0 Å². The lowest BCUT2D eigenvalue weighted by molar-refractivity contribution is 0.0693. The minimum atomic E-state index is -3.68. The maximum Gasteiger partial charge on any atom is 0.261 e. The first-order valence-electron chi connectivity index (χ1n) is 7.57. The van der Waals surface area contributed by atoms with Gasteiger partial charge in [-0.2, -0.15) is 0 Å². The average molecular weight is 337 g/mol. The van der Waals surface area contributed by atoms with Crippen molar-refractivity contribution in [1.29, 1.82) is 0 Å². The lowest BCUT2D eigenvalue weighted by Gasteiger charge is -2.10. The number of benzene rings is 1. The molecule has 1 atom stereocenters. The van der Waals surface area contributed by atoms with Crippen LogP contribution < -0.4 is 10.0 Å². The number of fused-ring (bicyclic) bond motifs is 1. The molecule has 0 bridgehead atoms. The average Bonchev–Trinajstić information content (AvgIpc) is 3.11. The van der Waals surface area contributed by atoms with Crippen LogP contribution in [0.5, 0.6) is 0 Å². The zero-order valence-corrected chi connectivity index (χ0v) is 13.6. The summed E-state index contributed by atoms with van der Waals surface area (Å²) < 4.78 is 27.2. The third kappa shape index (κ3) is 3.01. The van der Waals surface area contributed by atoms with E-state index in [4.69, 9.17) is 0 Å². The Bertz CT molecular complexity index is 754. The van der Waals surface area contributed by atoms with Crippen molar-refractivity contribution in [1.82, 2.24) is 14.9 Å². The van der Waals surface area contributed by atoms with Gasteiger partial charge >= 0.3 is 0 Å². The maximum atomic E-state index is 12.3. The third-order valence-corrected chi connectivity index (χ3v) is 5.84. The van der Waals surface area contributed by atoms with Gasteiger partial charge in [0.25, 0.3) is 11.8 Å². The first-order chi connectivity index (χ1) is 10.9. The fraction of sp³-hybridized carbons (Fsp3) is 0.467. The van der Waals surface area contributed by atoms with Crippen LogP contribution in [0.3, 0.4) is 0 Å². The van der Waals surface area contributed by atoms with Gasteiger partial charge in [-0.1, -0.05) is 0 Å². The second-order valence-electron chi connectivity index (χ2n) is 5.92. The van der Waals surface area contributed by atoms with Crippen LogP contribution in [0.15, 0.2) is 23.1 Å². The Balaban J connectivity index is 1.73. The molecule has 1 aromatic carbocycles. The van der Waals surface area contributed by atoms with E-state index in [0.717, 1.165) is 30.8 Å². The summed E-state index contributed by atoms with van der Waals surface area (Å²) in [5, 5.41) is 3.24. The Hall–Kier alpha value is -1.77. The molecule has 3 rings (SSSR count). The van der Waals surface area contributed by atoms with E-state index < -0.39 is 21.8 Å². The topological polar surface area (TPSA) is 95.6 Å². The summed E-state index contributed by atoms with van der Waals surface area (Å²) in [7, 11) is -2.30. The molecule has 1 fully saturated rings. The molecule has 0 aromatic heterocycles. The van der Waals surface area contributed by atoms with Crippen molar-refractivity contribution in [3.8, 4) is 0 Å². The highest BCUT2D eigenvalue weighted by Crippen LogP contribution is 2.24. The highest BCUT2D eigenvalue weighted by molar-refractivity contribution is 7.89. The Morgan fingerprint density at radius 2 is 2.00 bits per heavy atom. The SMILES string of the molecule is CN1C(=O)c2ccc(S(=O)(=O)NCCC3CCNC3)cc2C1=O. The number of rotatable bonds is 5. The van der Waals surface area contributed by atoms with E-state index in [1.807, 2.05) is 0 Å². The number of hydrogen-bond acceptors (Lipinski definition) is 5. The predicted molar refractivity (Wildman–Crippen MR) is 83.6 cm³/mol. The first-order valence-corrected chi connectivity index (χ1v) is 9.05. The maximum absolute atomic E-state index is 12.3. The van der Waals surface area contributed by atoms with Crippen LogP contribution in [0.1, 0.15) is 33.6 Å². The molecule has 7 nitrogen and oxygen atoms in total. The number of nitrogens with one attached hydrogen (secondary N) is 2. The zero-order valence-electron chi connectivity index (χ0n) is 12.8. The summed E-state index contributed by atoms with van der Waals surface area (Å²) in [5.74, 6) is -0.389. The zero-order chi connectivity index (χ0) is 16.6. The van der Waals surface area contributed by atoms with Gasteiger partial charge in [-0.3, -0.25) is 14.5 Å². The van der Waals surface area contributed by atoms with E-state index in [1.54, 1.807) is 0 Å². The molecular formula is C15H19N3O4S. The lowest BCUT2D eigenvalue weighted by atomic mass is 10.1. The monoisotopic (exact) mass is 337 g/mol. The number of amides is 2. The van der Waals surface area contributed by atoms with Gasteiger partial charge in [0.15, 0.2) is 0 Å². The lowest BCUT2D eigenvalue weighted by Crippen LogP contribution is -2.27. The van der Waals surface area contributed by atoms with Crippen LogP contribution in [0, 0.1) is 5.92 Å². The molecule has 1 aromatic rings. The van der Waals surface area contributed by atoms with Gasteiger partial charge in [-0.05, 0) is 50.0 Å². The van der Waals surface area contributed by atoms with E-state index in [2.05, 4.69) is 10.0 Å². The smallest absolute Gasteiger partial charge is 0.261 e. The Morgan fingerprint density at radius 3 is 2.70 bits per heavy atom. The second-order valence-corrected chi connectivity index (χ2v) is 7.69. The Kier molecular flexibility index (Phi) is 4.22. The number of nitrogens with zero attached hydrogens (tertiary/aromatic N) is 1. The van der Waals surface area contributed by atoms with E-state index in [-0.39, 0.29) is 16.0 Å². The minimum absolute atomic E-state index is 0.0113. The normalized spacial score (nSPS) is 21.1. The summed E-state index contributed by atoms with van der Waals surface area (Å²) in [4.78, 5) is 24.8. The van der Waals surface area contributed by atoms with Crippen molar-refractivity contribution in [2.24, 2.45) is 5.92 Å². The number of carbonyl (C=O) groups excluding carboxylic acids is 2. The van der Waals surface area contributed by atoms with Crippen LogP contribution in [-0.2, 0) is 10.0 Å². The van der Waals surface area contributed by atoms with Crippen LogP contribution in [-0.4, -0.2) is 51.8 Å². The van der Waals surface area contributed by atoms with Gasteiger partial charge in [0.1, 0.15) is 0 Å². The number of sulfonamides is 1. The Morgan fingerprint density at radius 1 is 1.26 bits per heavy atom. The standard InChI is InChI=1S/C15H19N3O4S/c1-18-14(19)12-3-2-11(8-13(12)15(18)20)23(21,22)17-7-5-10-4-6-16-9-10/h2-3,8,10,16-17H,4-7,9H2,1H3. The van der Waals surface area contributed by atoms with Gasteiger partial charge in [0, 0.05) is 13.6 Å².